The predicted molar refractivity (Wildman–Crippen MR) is 89.1 cm³/mol. The topological polar surface area (TPSA) is 106 Å². The molecule has 1 saturated carbocycles. The Morgan fingerprint density at radius 3 is 2.33 bits per heavy atom. The maximum atomic E-state index is 10.1. The molecule has 0 spiro atoms. The van der Waals surface area contributed by atoms with Crippen LogP contribution in [0.15, 0.2) is 28.7 Å². The van der Waals surface area contributed by atoms with Gasteiger partial charge in [-0.2, -0.15) is 10.5 Å². The molecular formula is C17H18BrN4O2+. The fourth-order valence-electron chi connectivity index (χ4n) is 4.03. The summed E-state index contributed by atoms with van der Waals surface area (Å²) in [6.07, 6.45) is 0. The molecule has 1 aromatic rings. The molecule has 1 aliphatic heterocycles. The third-order valence-corrected chi connectivity index (χ3v) is 5.63. The number of ether oxygens (including phenoxy) is 2. The van der Waals surface area contributed by atoms with E-state index in [9.17, 15) is 10.5 Å². The van der Waals surface area contributed by atoms with E-state index in [4.69, 9.17) is 15.2 Å². The van der Waals surface area contributed by atoms with Gasteiger partial charge in [-0.1, -0.05) is 34.1 Å². The molecule has 1 fully saturated rings. The first-order valence-corrected chi connectivity index (χ1v) is 8.56. The molecule has 6 nitrogen and oxygen atoms in total. The van der Waals surface area contributed by atoms with Crippen molar-refractivity contribution in [3.63, 3.8) is 0 Å². The van der Waals surface area contributed by atoms with Crippen LogP contribution in [0.5, 0.6) is 0 Å². The summed E-state index contributed by atoms with van der Waals surface area (Å²) in [6, 6.07) is 12.1. The van der Waals surface area contributed by atoms with Crippen LogP contribution in [-0.4, -0.2) is 25.0 Å². The van der Waals surface area contributed by atoms with Crippen molar-refractivity contribution in [3.8, 4) is 12.1 Å². The average Bonchev–Trinajstić information content (AvgIpc) is 3.14. The van der Waals surface area contributed by atoms with Crippen molar-refractivity contribution in [1.29, 1.82) is 10.5 Å². The summed E-state index contributed by atoms with van der Waals surface area (Å²) in [5.74, 6) is -1.67. The summed E-state index contributed by atoms with van der Waals surface area (Å²) < 4.78 is 12.5. The highest BCUT2D eigenvalue weighted by Gasteiger charge is 2.97. The van der Waals surface area contributed by atoms with Gasteiger partial charge in [-0.3, -0.25) is 5.73 Å². The lowest BCUT2D eigenvalue weighted by Gasteiger charge is -2.29. The van der Waals surface area contributed by atoms with Gasteiger partial charge in [-0.15, -0.1) is 0 Å². The van der Waals surface area contributed by atoms with Crippen molar-refractivity contribution >= 4 is 21.8 Å². The number of halogens is 1. The number of fused-ring (bicyclic) bond motifs is 1. The fourth-order valence-corrected chi connectivity index (χ4v) is 4.54. The Balaban J connectivity index is 2.25. The van der Waals surface area contributed by atoms with E-state index in [0.29, 0.717) is 13.2 Å². The Labute approximate surface area is 149 Å². The van der Waals surface area contributed by atoms with E-state index in [1.165, 1.54) is 0 Å². The quantitative estimate of drug-likeness (QED) is 0.722. The van der Waals surface area contributed by atoms with Crippen LogP contribution in [0.1, 0.15) is 25.3 Å². The lowest BCUT2D eigenvalue weighted by Crippen LogP contribution is -2.91. The Morgan fingerprint density at radius 1 is 1.21 bits per heavy atom. The van der Waals surface area contributed by atoms with Crippen molar-refractivity contribution < 1.29 is 14.5 Å². The Bertz CT molecular complexity index is 791. The van der Waals surface area contributed by atoms with Gasteiger partial charge in [0.15, 0.2) is 10.8 Å². The second-order valence-corrected chi connectivity index (χ2v) is 6.67. The zero-order valence-corrected chi connectivity index (χ0v) is 15.1. The number of benzene rings is 1. The van der Waals surface area contributed by atoms with Crippen LogP contribution in [-0.2, 0) is 9.47 Å². The summed E-state index contributed by atoms with van der Waals surface area (Å²) in [4.78, 5) is 2.96. The predicted octanol–water partition coefficient (Wildman–Crippen LogP) is 0.744. The van der Waals surface area contributed by atoms with E-state index in [2.05, 4.69) is 33.1 Å². The van der Waals surface area contributed by atoms with Gasteiger partial charge in [-0.25, -0.2) is 4.99 Å². The average molecular weight is 390 g/mol. The number of nitrogens with one attached hydrogen (secondary N) is 1. The Kier molecular flexibility index (Phi) is 3.92. The second kappa shape index (κ2) is 5.56. The molecule has 0 saturated heterocycles. The van der Waals surface area contributed by atoms with Crippen LogP contribution < -0.4 is 10.7 Å². The SMILES string of the molecule is CCOC1(OCC)[NH+]=C(N)[C@@]2(C#N)[C@@H](c3ccccc3Br)[C@@]12C#N. The molecule has 124 valence electrons. The molecule has 24 heavy (non-hydrogen) atoms. The van der Waals surface area contributed by atoms with Crippen LogP contribution in [0.2, 0.25) is 0 Å². The van der Waals surface area contributed by atoms with E-state index in [-0.39, 0.29) is 5.84 Å². The van der Waals surface area contributed by atoms with Crippen LogP contribution in [0.4, 0.5) is 0 Å². The van der Waals surface area contributed by atoms with Crippen molar-refractivity contribution in [2.75, 3.05) is 13.2 Å². The third-order valence-electron chi connectivity index (χ3n) is 4.91. The molecule has 1 aromatic carbocycles. The summed E-state index contributed by atoms with van der Waals surface area (Å²) >= 11 is 3.52. The molecule has 7 heteroatoms. The first-order valence-electron chi connectivity index (χ1n) is 7.77. The van der Waals surface area contributed by atoms with Crippen molar-refractivity contribution in [2.24, 2.45) is 16.6 Å². The van der Waals surface area contributed by atoms with E-state index < -0.39 is 22.7 Å². The number of nitrogens with two attached hydrogens (primary N) is 1. The van der Waals surface area contributed by atoms with E-state index >= 15 is 0 Å². The molecule has 0 unspecified atom stereocenters. The molecule has 0 aromatic heterocycles. The summed E-state index contributed by atoms with van der Waals surface area (Å²) in [5, 5.41) is 20.1. The summed E-state index contributed by atoms with van der Waals surface area (Å²) in [5.41, 5.74) is 4.58. The minimum Gasteiger partial charge on any atom is -0.314 e. The normalized spacial score (nSPS) is 32.4. The number of nitriles is 2. The largest absolute Gasteiger partial charge is 0.343 e. The zero-order valence-electron chi connectivity index (χ0n) is 13.5. The van der Waals surface area contributed by atoms with Gasteiger partial charge in [-0.05, 0) is 25.5 Å². The summed E-state index contributed by atoms with van der Waals surface area (Å²) in [7, 11) is 0. The number of nitrogens with zero attached hydrogens (tertiary/aromatic N) is 2. The number of rotatable bonds is 5. The molecule has 1 aliphatic carbocycles. The second-order valence-electron chi connectivity index (χ2n) is 5.82. The lowest BCUT2D eigenvalue weighted by atomic mass is 9.93. The van der Waals surface area contributed by atoms with Crippen LogP contribution >= 0.6 is 15.9 Å². The molecule has 0 amide bonds. The Morgan fingerprint density at radius 2 is 1.83 bits per heavy atom. The van der Waals surface area contributed by atoms with Gasteiger partial charge < -0.3 is 9.47 Å². The molecule has 3 atom stereocenters. The van der Waals surface area contributed by atoms with Crippen molar-refractivity contribution in [2.45, 2.75) is 25.7 Å². The lowest BCUT2D eigenvalue weighted by molar-refractivity contribution is -0.693. The van der Waals surface area contributed by atoms with E-state index in [1.54, 1.807) is 0 Å². The molecule has 2 aliphatic rings. The van der Waals surface area contributed by atoms with Gasteiger partial charge in [0.05, 0.1) is 25.4 Å². The van der Waals surface area contributed by atoms with Crippen molar-refractivity contribution in [1.82, 2.24) is 0 Å². The smallest absolute Gasteiger partial charge is 0.314 e. The minimum atomic E-state index is -1.44. The maximum Gasteiger partial charge on any atom is 0.343 e. The Hall–Kier alpha value is -1.93. The molecule has 0 radical (unpaired) electrons. The first kappa shape index (κ1) is 16.9. The van der Waals surface area contributed by atoms with Gasteiger partial charge >= 0.3 is 5.91 Å². The van der Waals surface area contributed by atoms with Crippen molar-refractivity contribution in [3.05, 3.63) is 34.3 Å². The molecule has 0 bridgehead atoms. The minimum absolute atomic E-state index is 0.217. The monoisotopic (exact) mass is 389 g/mol. The highest BCUT2D eigenvalue weighted by atomic mass is 79.9. The highest BCUT2D eigenvalue weighted by Crippen LogP contribution is 2.79. The van der Waals surface area contributed by atoms with E-state index in [0.717, 1.165) is 10.0 Å². The zero-order chi connectivity index (χ0) is 17.6. The molecule has 1 heterocycles. The maximum absolute atomic E-state index is 10.1. The highest BCUT2D eigenvalue weighted by molar-refractivity contribution is 9.10. The third kappa shape index (κ3) is 1.67. The molecule has 3 N–H and O–H groups in total. The van der Waals surface area contributed by atoms with Gasteiger partial charge in [0.25, 0.3) is 5.84 Å². The fraction of sp³-hybridized carbons (Fsp3) is 0.471. The number of hydrogen-bond acceptors (Lipinski definition) is 5. The molecular weight excluding hydrogens is 372 g/mol. The van der Waals surface area contributed by atoms with Crippen LogP contribution in [0.25, 0.3) is 0 Å². The molecule has 3 rings (SSSR count). The van der Waals surface area contributed by atoms with Crippen LogP contribution in [0, 0.1) is 33.5 Å². The summed E-state index contributed by atoms with van der Waals surface area (Å²) in [6.45, 7) is 4.25. The van der Waals surface area contributed by atoms with Gasteiger partial charge in [0.2, 0.25) is 0 Å². The standard InChI is InChI=1S/C17H17BrN4O2/c1-3-23-17(24-4-2)16(10-20)13(11-7-5-6-8-12(11)18)15(16,9-19)14(21)22-17/h5-8,13H,3-4H2,1-2H3,(H2,21,22)/p+1/t13-,15-,16-/m1/s1. The number of hydrogen-bond donors (Lipinski definition) is 2. The first-order chi connectivity index (χ1) is 11.5. The van der Waals surface area contributed by atoms with Crippen LogP contribution in [0.3, 0.4) is 0 Å². The van der Waals surface area contributed by atoms with Gasteiger partial charge in [0, 0.05) is 10.4 Å². The number of amidine groups is 1. The van der Waals surface area contributed by atoms with Gasteiger partial charge in [0.1, 0.15) is 0 Å². The van der Waals surface area contributed by atoms with E-state index in [1.807, 2.05) is 38.1 Å².